The van der Waals surface area contributed by atoms with E-state index in [9.17, 15) is 13.2 Å². The summed E-state index contributed by atoms with van der Waals surface area (Å²) < 4.78 is 45.1. The summed E-state index contributed by atoms with van der Waals surface area (Å²) in [6.45, 7) is 6.12. The zero-order valence-corrected chi connectivity index (χ0v) is 19.4. The number of piperidine rings is 2. The highest BCUT2D eigenvalue weighted by Gasteiger charge is 2.43. The summed E-state index contributed by atoms with van der Waals surface area (Å²) >= 11 is 12.0. The summed E-state index contributed by atoms with van der Waals surface area (Å²) in [7, 11) is 0. The van der Waals surface area contributed by atoms with Crippen molar-refractivity contribution in [2.24, 2.45) is 5.92 Å². The highest BCUT2D eigenvalue weighted by molar-refractivity contribution is 6.42. The van der Waals surface area contributed by atoms with Gasteiger partial charge in [0.2, 0.25) is 0 Å². The van der Waals surface area contributed by atoms with E-state index in [1.807, 2.05) is 18.0 Å². The third-order valence-corrected chi connectivity index (χ3v) is 7.08. The molecule has 2 atom stereocenters. The molecule has 3 rings (SSSR count). The second-order valence-corrected chi connectivity index (χ2v) is 9.33. The van der Waals surface area contributed by atoms with Crippen molar-refractivity contribution in [2.75, 3.05) is 32.7 Å². The van der Waals surface area contributed by atoms with E-state index < -0.39 is 12.1 Å². The first-order chi connectivity index (χ1) is 14.8. The first-order valence-electron chi connectivity index (χ1n) is 11.2. The molecule has 0 spiro atoms. The van der Waals surface area contributed by atoms with E-state index in [0.717, 1.165) is 57.6 Å². The lowest BCUT2D eigenvalue weighted by molar-refractivity contribution is -0.192. The summed E-state index contributed by atoms with van der Waals surface area (Å²) in [6, 6.07) is 5.29. The molecule has 1 aromatic rings. The molecule has 2 aliphatic heterocycles. The Labute approximate surface area is 193 Å². The third-order valence-electron chi connectivity index (χ3n) is 6.34. The van der Waals surface area contributed by atoms with Crippen molar-refractivity contribution in [2.45, 2.75) is 63.8 Å². The molecule has 1 aromatic carbocycles. The van der Waals surface area contributed by atoms with Crippen molar-refractivity contribution in [3.05, 3.63) is 28.2 Å². The first kappa shape index (κ1) is 24.9. The molecule has 2 saturated heterocycles. The minimum Gasteiger partial charge on any atom is -0.490 e. The fourth-order valence-corrected chi connectivity index (χ4v) is 4.75. The van der Waals surface area contributed by atoms with Gasteiger partial charge in [-0.05, 0) is 57.2 Å². The van der Waals surface area contributed by atoms with Gasteiger partial charge in [0, 0.05) is 38.3 Å². The predicted octanol–water partition coefficient (Wildman–Crippen LogP) is 5.78. The molecule has 176 valence electrons. The van der Waals surface area contributed by atoms with Crippen molar-refractivity contribution in [3.63, 3.8) is 0 Å². The Morgan fingerprint density at radius 1 is 1.10 bits per heavy atom. The molecule has 9 heteroatoms. The van der Waals surface area contributed by atoms with Gasteiger partial charge >= 0.3 is 6.18 Å². The Morgan fingerprint density at radius 2 is 1.84 bits per heavy atom. The lowest BCUT2D eigenvalue weighted by Crippen LogP contribution is -2.52. The van der Waals surface area contributed by atoms with E-state index in [-0.39, 0.29) is 25.0 Å². The van der Waals surface area contributed by atoms with Crippen LogP contribution in [0.5, 0.6) is 5.75 Å². The Morgan fingerprint density at radius 3 is 2.48 bits per heavy atom. The number of likely N-dealkylation sites (tertiary alicyclic amines) is 1. The number of rotatable bonds is 8. The summed E-state index contributed by atoms with van der Waals surface area (Å²) in [5.74, 6) is -0.417. The number of nitrogens with one attached hydrogen (secondary N) is 1. The highest BCUT2D eigenvalue weighted by Crippen LogP contribution is 2.36. The minimum absolute atomic E-state index is 0.0466. The second-order valence-electron chi connectivity index (χ2n) is 8.51. The SMILES string of the molecule is CCC1CC(C(F)(F)F)CCN1NCCCN1CCC(Oc2ccc(Cl)c(Cl)c2)CC1. The zero-order chi connectivity index (χ0) is 22.4. The number of nitrogens with zero attached hydrogens (tertiary/aromatic N) is 2. The maximum absolute atomic E-state index is 13.0. The molecule has 0 aliphatic carbocycles. The lowest BCUT2D eigenvalue weighted by atomic mass is 9.90. The van der Waals surface area contributed by atoms with Crippen LogP contribution in [0.1, 0.15) is 45.4 Å². The molecular weight excluding hydrogens is 450 g/mol. The van der Waals surface area contributed by atoms with Gasteiger partial charge in [0.05, 0.1) is 16.0 Å². The quantitative estimate of drug-likeness (QED) is 0.476. The Kier molecular flexibility index (Phi) is 9.17. The zero-order valence-electron chi connectivity index (χ0n) is 17.9. The number of ether oxygens (including phenoxy) is 1. The van der Waals surface area contributed by atoms with Crippen molar-refractivity contribution < 1.29 is 17.9 Å². The fourth-order valence-electron chi connectivity index (χ4n) is 4.46. The molecule has 1 N–H and O–H groups in total. The van der Waals surface area contributed by atoms with E-state index in [2.05, 4.69) is 10.3 Å². The van der Waals surface area contributed by atoms with Gasteiger partial charge in [0.25, 0.3) is 0 Å². The van der Waals surface area contributed by atoms with E-state index >= 15 is 0 Å². The molecule has 4 nitrogen and oxygen atoms in total. The normalized spacial score (nSPS) is 24.5. The first-order valence-corrected chi connectivity index (χ1v) is 11.9. The minimum atomic E-state index is -4.07. The van der Waals surface area contributed by atoms with Crippen LogP contribution in [0, 0.1) is 5.92 Å². The largest absolute Gasteiger partial charge is 0.490 e. The van der Waals surface area contributed by atoms with Crippen LogP contribution in [0.25, 0.3) is 0 Å². The van der Waals surface area contributed by atoms with Crippen LogP contribution in [0.15, 0.2) is 18.2 Å². The van der Waals surface area contributed by atoms with E-state index in [0.29, 0.717) is 16.6 Å². The van der Waals surface area contributed by atoms with Crippen LogP contribution in [0.4, 0.5) is 13.2 Å². The van der Waals surface area contributed by atoms with Crippen molar-refractivity contribution in [1.29, 1.82) is 0 Å². The number of alkyl halides is 3. The number of hydrogen-bond acceptors (Lipinski definition) is 4. The summed E-state index contributed by atoms with van der Waals surface area (Å²) in [4.78, 5) is 2.42. The molecule has 0 saturated carbocycles. The van der Waals surface area contributed by atoms with E-state index in [1.54, 1.807) is 12.1 Å². The van der Waals surface area contributed by atoms with Crippen LogP contribution >= 0.6 is 23.2 Å². The second kappa shape index (κ2) is 11.4. The van der Waals surface area contributed by atoms with Gasteiger partial charge in [-0.2, -0.15) is 13.2 Å². The maximum Gasteiger partial charge on any atom is 0.391 e. The van der Waals surface area contributed by atoms with Crippen LogP contribution in [0.3, 0.4) is 0 Å². The van der Waals surface area contributed by atoms with Crippen molar-refractivity contribution >= 4 is 23.2 Å². The van der Waals surface area contributed by atoms with Gasteiger partial charge in [0.1, 0.15) is 11.9 Å². The van der Waals surface area contributed by atoms with Gasteiger partial charge in [0.15, 0.2) is 0 Å². The monoisotopic (exact) mass is 481 g/mol. The number of hydrazine groups is 1. The average molecular weight is 482 g/mol. The smallest absolute Gasteiger partial charge is 0.391 e. The van der Waals surface area contributed by atoms with Crippen molar-refractivity contribution in [1.82, 2.24) is 15.3 Å². The van der Waals surface area contributed by atoms with Crippen LogP contribution < -0.4 is 10.2 Å². The summed E-state index contributed by atoms with van der Waals surface area (Å²) in [5, 5.41) is 3.05. The predicted molar refractivity (Wildman–Crippen MR) is 119 cm³/mol. The van der Waals surface area contributed by atoms with Gasteiger partial charge in [-0.1, -0.05) is 30.1 Å². The molecule has 0 radical (unpaired) electrons. The molecule has 31 heavy (non-hydrogen) atoms. The van der Waals surface area contributed by atoms with Crippen LogP contribution in [0.2, 0.25) is 10.0 Å². The van der Waals surface area contributed by atoms with E-state index in [1.165, 1.54) is 0 Å². The van der Waals surface area contributed by atoms with Crippen LogP contribution in [-0.2, 0) is 0 Å². The number of benzene rings is 1. The number of halogens is 5. The fraction of sp³-hybridized carbons (Fsp3) is 0.727. The Balaban J connectivity index is 1.32. The summed E-state index contributed by atoms with van der Waals surface area (Å²) in [5.41, 5.74) is 3.38. The molecule has 0 aromatic heterocycles. The van der Waals surface area contributed by atoms with Crippen molar-refractivity contribution in [3.8, 4) is 5.75 Å². The third kappa shape index (κ3) is 7.39. The van der Waals surface area contributed by atoms with Crippen LogP contribution in [-0.4, -0.2) is 61.0 Å². The highest BCUT2D eigenvalue weighted by atomic mass is 35.5. The number of hydrogen-bond donors (Lipinski definition) is 1. The average Bonchev–Trinajstić information content (AvgIpc) is 2.74. The molecule has 2 aliphatic rings. The van der Waals surface area contributed by atoms with E-state index in [4.69, 9.17) is 27.9 Å². The lowest BCUT2D eigenvalue weighted by Gasteiger charge is -2.40. The maximum atomic E-state index is 13.0. The molecular formula is C22H32Cl2F3N3O. The van der Waals surface area contributed by atoms with Gasteiger partial charge < -0.3 is 9.64 Å². The molecule has 0 amide bonds. The molecule has 2 heterocycles. The molecule has 2 unspecified atom stereocenters. The Hall–Kier alpha value is -0.730. The molecule has 0 bridgehead atoms. The topological polar surface area (TPSA) is 27.7 Å². The Bertz CT molecular complexity index is 699. The standard InChI is InChI=1S/C22H32Cl2F3N3O/c1-2-17-14-16(22(25,26)27)6-13-30(17)28-9-3-10-29-11-7-18(8-12-29)31-19-4-5-20(23)21(24)15-19/h4-5,15-18,28H,2-3,6-14H2,1H3. The van der Waals surface area contributed by atoms with Gasteiger partial charge in [-0.25, -0.2) is 5.01 Å². The van der Waals surface area contributed by atoms with Gasteiger partial charge in [-0.15, -0.1) is 0 Å². The summed E-state index contributed by atoms with van der Waals surface area (Å²) in [6.07, 6.45) is 0.0766. The molecule has 2 fully saturated rings. The van der Waals surface area contributed by atoms with Gasteiger partial charge in [-0.3, -0.25) is 5.43 Å².